The number of alkyl halides is 3. The predicted octanol–water partition coefficient (Wildman–Crippen LogP) is 5.66. The van der Waals surface area contributed by atoms with Gasteiger partial charge in [0.25, 0.3) is 5.91 Å². The molecule has 1 amide bonds. The minimum atomic E-state index is -4.47. The Morgan fingerprint density at radius 3 is 2.73 bits per heavy atom. The topological polar surface area (TPSA) is 54.5 Å². The molecular weight excluding hydrogens is 431 g/mol. The lowest BCUT2D eigenvalue weighted by Gasteiger charge is -2.20. The quantitative estimate of drug-likeness (QED) is 0.539. The smallest absolute Gasteiger partial charge is 0.416 e. The maximum atomic E-state index is 13.0. The highest BCUT2D eigenvalue weighted by atomic mass is 19.4. The Kier molecular flexibility index (Phi) is 6.26. The van der Waals surface area contributed by atoms with Gasteiger partial charge in [-0.15, -0.1) is 0 Å². The number of methoxy groups -OCH3 is 1. The van der Waals surface area contributed by atoms with E-state index < -0.39 is 17.6 Å². The number of hydrogen-bond acceptors (Lipinski definition) is 4. The zero-order valence-electron chi connectivity index (χ0n) is 18.3. The van der Waals surface area contributed by atoms with Gasteiger partial charge in [-0.2, -0.15) is 13.2 Å². The molecule has 1 saturated heterocycles. The van der Waals surface area contributed by atoms with E-state index in [0.29, 0.717) is 11.3 Å². The molecule has 1 aromatic heterocycles. The second kappa shape index (κ2) is 9.13. The SMILES string of the molecule is COc1cncc(N2CCC(c3cc(C(=O)Nc4cccc(C(F)(F)F)c4)ccc3C)C2)c1. The molecule has 1 aliphatic rings. The number of anilines is 2. The van der Waals surface area contributed by atoms with E-state index in [-0.39, 0.29) is 11.6 Å². The number of aromatic nitrogens is 1. The number of hydrogen-bond donors (Lipinski definition) is 1. The van der Waals surface area contributed by atoms with Crippen LogP contribution in [-0.2, 0) is 6.18 Å². The number of nitrogens with zero attached hydrogens (tertiary/aromatic N) is 2. The molecule has 1 atom stereocenters. The molecule has 1 N–H and O–H groups in total. The Labute approximate surface area is 190 Å². The molecule has 4 rings (SSSR count). The van der Waals surface area contributed by atoms with Crippen LogP contribution in [-0.4, -0.2) is 31.1 Å². The fourth-order valence-electron chi connectivity index (χ4n) is 4.14. The monoisotopic (exact) mass is 455 g/mol. The Morgan fingerprint density at radius 1 is 1.15 bits per heavy atom. The summed E-state index contributed by atoms with van der Waals surface area (Å²) in [6, 6.07) is 12.0. The van der Waals surface area contributed by atoms with E-state index in [2.05, 4.69) is 15.2 Å². The van der Waals surface area contributed by atoms with Crippen molar-refractivity contribution in [1.82, 2.24) is 4.98 Å². The number of nitrogens with one attached hydrogen (secondary N) is 1. The fourth-order valence-corrected chi connectivity index (χ4v) is 4.14. The highest BCUT2D eigenvalue weighted by Crippen LogP contribution is 2.34. The number of halogens is 3. The number of pyridine rings is 1. The summed E-state index contributed by atoms with van der Waals surface area (Å²) in [6.45, 7) is 3.62. The molecule has 3 aromatic rings. The molecule has 33 heavy (non-hydrogen) atoms. The number of rotatable bonds is 5. The number of carbonyl (C=O) groups is 1. The van der Waals surface area contributed by atoms with E-state index in [1.54, 1.807) is 25.6 Å². The molecule has 0 aliphatic carbocycles. The van der Waals surface area contributed by atoms with Crippen LogP contribution in [0.5, 0.6) is 5.75 Å². The number of amides is 1. The van der Waals surface area contributed by atoms with E-state index in [9.17, 15) is 18.0 Å². The van der Waals surface area contributed by atoms with Gasteiger partial charge in [-0.25, -0.2) is 0 Å². The first-order valence-corrected chi connectivity index (χ1v) is 10.6. The van der Waals surface area contributed by atoms with Gasteiger partial charge in [-0.05, 0) is 54.8 Å². The van der Waals surface area contributed by atoms with Crippen molar-refractivity contribution in [2.45, 2.75) is 25.4 Å². The molecule has 0 saturated carbocycles. The van der Waals surface area contributed by atoms with Gasteiger partial charge in [0.2, 0.25) is 0 Å². The predicted molar refractivity (Wildman–Crippen MR) is 121 cm³/mol. The highest BCUT2D eigenvalue weighted by Gasteiger charge is 2.30. The van der Waals surface area contributed by atoms with Gasteiger partial charge in [0.1, 0.15) is 5.75 Å². The largest absolute Gasteiger partial charge is 0.495 e. The van der Waals surface area contributed by atoms with Gasteiger partial charge in [-0.3, -0.25) is 9.78 Å². The van der Waals surface area contributed by atoms with E-state index in [4.69, 9.17) is 4.74 Å². The number of aryl methyl sites for hydroxylation is 1. The Morgan fingerprint density at radius 2 is 1.97 bits per heavy atom. The van der Waals surface area contributed by atoms with Gasteiger partial charge in [0, 0.05) is 36.3 Å². The molecule has 0 bridgehead atoms. The van der Waals surface area contributed by atoms with Gasteiger partial charge in [0.15, 0.2) is 0 Å². The lowest BCUT2D eigenvalue weighted by molar-refractivity contribution is -0.137. The van der Waals surface area contributed by atoms with Crippen LogP contribution in [0, 0.1) is 6.92 Å². The summed E-state index contributed by atoms with van der Waals surface area (Å²) in [4.78, 5) is 19.2. The summed E-state index contributed by atoms with van der Waals surface area (Å²) >= 11 is 0. The van der Waals surface area contributed by atoms with Gasteiger partial charge in [0.05, 0.1) is 30.8 Å². The maximum Gasteiger partial charge on any atom is 0.416 e. The first-order chi connectivity index (χ1) is 15.7. The number of carbonyl (C=O) groups excluding carboxylic acids is 1. The second-order valence-corrected chi connectivity index (χ2v) is 8.12. The van der Waals surface area contributed by atoms with Crippen molar-refractivity contribution in [2.75, 3.05) is 30.4 Å². The lowest BCUT2D eigenvalue weighted by Crippen LogP contribution is -2.20. The highest BCUT2D eigenvalue weighted by molar-refractivity contribution is 6.04. The van der Waals surface area contributed by atoms with Crippen LogP contribution in [0.25, 0.3) is 0 Å². The van der Waals surface area contributed by atoms with Crippen molar-refractivity contribution in [3.8, 4) is 5.75 Å². The molecule has 0 radical (unpaired) electrons. The molecular formula is C25H24F3N3O2. The lowest BCUT2D eigenvalue weighted by atomic mass is 9.92. The molecule has 5 nitrogen and oxygen atoms in total. The summed E-state index contributed by atoms with van der Waals surface area (Å²) in [5.41, 5.74) is 2.83. The molecule has 1 fully saturated rings. The average molecular weight is 455 g/mol. The Bertz CT molecular complexity index is 1160. The van der Waals surface area contributed by atoms with Crippen LogP contribution >= 0.6 is 0 Å². The third-order valence-electron chi connectivity index (χ3n) is 5.92. The molecule has 2 heterocycles. The van der Waals surface area contributed by atoms with Crippen LogP contribution in [0.2, 0.25) is 0 Å². The molecule has 172 valence electrons. The van der Waals surface area contributed by atoms with Crippen LogP contribution in [0.1, 0.15) is 39.4 Å². The van der Waals surface area contributed by atoms with Crippen molar-refractivity contribution in [2.24, 2.45) is 0 Å². The molecule has 2 aromatic carbocycles. The van der Waals surface area contributed by atoms with E-state index in [1.807, 2.05) is 25.1 Å². The minimum Gasteiger partial charge on any atom is -0.495 e. The molecule has 1 aliphatic heterocycles. The Hall–Kier alpha value is -3.55. The summed E-state index contributed by atoms with van der Waals surface area (Å²) in [5, 5.41) is 2.58. The fraction of sp³-hybridized carbons (Fsp3) is 0.280. The van der Waals surface area contributed by atoms with Crippen LogP contribution in [0.4, 0.5) is 24.5 Å². The van der Waals surface area contributed by atoms with Crippen LogP contribution in [0.3, 0.4) is 0 Å². The maximum absolute atomic E-state index is 13.0. The first kappa shape index (κ1) is 22.6. The van der Waals surface area contributed by atoms with E-state index >= 15 is 0 Å². The summed E-state index contributed by atoms with van der Waals surface area (Å²) < 4.78 is 44.2. The third kappa shape index (κ3) is 5.10. The van der Waals surface area contributed by atoms with Crippen molar-refractivity contribution < 1.29 is 22.7 Å². The van der Waals surface area contributed by atoms with Gasteiger partial charge < -0.3 is 15.0 Å². The first-order valence-electron chi connectivity index (χ1n) is 10.6. The van der Waals surface area contributed by atoms with Crippen molar-refractivity contribution in [3.05, 3.63) is 83.2 Å². The zero-order chi connectivity index (χ0) is 23.6. The Balaban J connectivity index is 1.51. The molecule has 0 spiro atoms. The summed E-state index contributed by atoms with van der Waals surface area (Å²) in [5.74, 6) is 0.473. The number of ether oxygens (including phenoxy) is 1. The average Bonchev–Trinajstić information content (AvgIpc) is 3.29. The molecule has 1 unspecified atom stereocenters. The summed E-state index contributed by atoms with van der Waals surface area (Å²) in [7, 11) is 1.60. The van der Waals surface area contributed by atoms with Gasteiger partial charge in [-0.1, -0.05) is 12.1 Å². The third-order valence-corrected chi connectivity index (χ3v) is 5.92. The van der Waals surface area contributed by atoms with Gasteiger partial charge >= 0.3 is 6.18 Å². The van der Waals surface area contributed by atoms with Crippen LogP contribution < -0.4 is 15.0 Å². The minimum absolute atomic E-state index is 0.106. The van der Waals surface area contributed by atoms with Crippen molar-refractivity contribution in [1.29, 1.82) is 0 Å². The van der Waals surface area contributed by atoms with E-state index in [1.165, 1.54) is 12.1 Å². The van der Waals surface area contributed by atoms with Crippen LogP contribution in [0.15, 0.2) is 60.9 Å². The second-order valence-electron chi connectivity index (χ2n) is 8.12. The van der Waals surface area contributed by atoms with Crippen molar-refractivity contribution in [3.63, 3.8) is 0 Å². The van der Waals surface area contributed by atoms with Crippen molar-refractivity contribution >= 4 is 17.3 Å². The van der Waals surface area contributed by atoms with E-state index in [0.717, 1.165) is 48.5 Å². The zero-order valence-corrected chi connectivity index (χ0v) is 18.3. The number of benzene rings is 2. The molecule has 8 heteroatoms. The standard InChI is InChI=1S/C25H24F3N3O2/c1-16-6-7-17(24(32)30-20-5-3-4-19(11-20)25(26,27)28)10-23(16)18-8-9-31(15-18)21-12-22(33-2)14-29-13-21/h3-7,10-14,18H,8-9,15H2,1-2H3,(H,30,32). The summed E-state index contributed by atoms with van der Waals surface area (Å²) in [6.07, 6.45) is -0.0917. The normalized spacial score (nSPS) is 16.0.